The summed E-state index contributed by atoms with van der Waals surface area (Å²) < 4.78 is 0.787. The van der Waals surface area contributed by atoms with E-state index in [1.165, 1.54) is 12.1 Å². The summed E-state index contributed by atoms with van der Waals surface area (Å²) in [7, 11) is 0. The molecule has 0 fully saturated rings. The van der Waals surface area contributed by atoms with Gasteiger partial charge in [-0.1, -0.05) is 0 Å². The zero-order valence-electron chi connectivity index (χ0n) is 4.41. The Labute approximate surface area is 56.2 Å². The van der Waals surface area contributed by atoms with Crippen LogP contribution >= 0.6 is 11.8 Å². The van der Waals surface area contributed by atoms with Crippen LogP contribution in [0.3, 0.4) is 0 Å². The van der Waals surface area contributed by atoms with Crippen molar-refractivity contribution in [2.45, 2.75) is 0 Å². The van der Waals surface area contributed by atoms with Crippen LogP contribution in [-0.4, -0.2) is 9.19 Å². The lowest BCUT2D eigenvalue weighted by molar-refractivity contribution is 0.471. The fraction of sp³-hybridized carbons (Fsp3) is 0. The number of aromatic hydroxyl groups is 1. The molecule has 4 heteroatoms. The molecule has 0 atom stereocenters. The van der Waals surface area contributed by atoms with E-state index >= 15 is 0 Å². The summed E-state index contributed by atoms with van der Waals surface area (Å²) in [5.41, 5.74) is -0.352. The fourth-order valence-electron chi connectivity index (χ4n) is 0.451. The zero-order chi connectivity index (χ0) is 6.85. The second-order valence-corrected chi connectivity index (χ2v) is 1.90. The average molecular weight is 146 g/mol. The molecule has 0 radical (unpaired) electrons. The first-order valence-corrected chi connectivity index (χ1v) is 2.62. The van der Waals surface area contributed by atoms with Gasteiger partial charge in [0.1, 0.15) is 5.75 Å². The average Bonchev–Trinajstić information content (AvgIpc) is 1.80. The highest BCUT2D eigenvalue weighted by Gasteiger charge is 1.90. The third-order valence-corrected chi connectivity index (χ3v) is 1.12. The van der Waals surface area contributed by atoms with Crippen molar-refractivity contribution in [3.8, 4) is 5.75 Å². The third-order valence-electron chi connectivity index (χ3n) is 0.853. The summed E-state index contributed by atoms with van der Waals surface area (Å²) in [5, 5.41) is 8.69. The van der Waals surface area contributed by atoms with E-state index in [4.69, 9.17) is 16.9 Å². The van der Waals surface area contributed by atoms with Gasteiger partial charge in [0.2, 0.25) is 0 Å². The smallest absolute Gasteiger partial charge is 0.265 e. The standard InChI is InChI=1S/C5H4ClNO2/c6-7-3-4(8)1-2-5(7)9/h1-3,8H. The second-order valence-electron chi connectivity index (χ2n) is 1.54. The maximum Gasteiger partial charge on any atom is 0.265 e. The van der Waals surface area contributed by atoms with Gasteiger partial charge in [0.25, 0.3) is 5.56 Å². The van der Waals surface area contributed by atoms with Gasteiger partial charge in [-0.05, 0) is 6.07 Å². The molecule has 1 rings (SSSR count). The molecule has 1 heterocycles. The molecule has 9 heavy (non-hydrogen) atoms. The molecule has 0 saturated carbocycles. The maximum atomic E-state index is 10.5. The monoisotopic (exact) mass is 145 g/mol. The molecule has 0 aromatic carbocycles. The maximum absolute atomic E-state index is 10.5. The molecular weight excluding hydrogens is 142 g/mol. The first-order chi connectivity index (χ1) is 4.20. The van der Waals surface area contributed by atoms with Gasteiger partial charge in [0, 0.05) is 17.8 Å². The van der Waals surface area contributed by atoms with Gasteiger partial charge in [-0.25, -0.2) is 4.09 Å². The normalized spacial score (nSPS) is 9.44. The lowest BCUT2D eigenvalue weighted by Gasteiger charge is -1.91. The van der Waals surface area contributed by atoms with Crippen LogP contribution in [0.15, 0.2) is 23.1 Å². The molecule has 1 N–H and O–H groups in total. The first kappa shape index (κ1) is 6.16. The van der Waals surface area contributed by atoms with E-state index in [0.717, 1.165) is 10.3 Å². The van der Waals surface area contributed by atoms with Gasteiger partial charge in [-0.3, -0.25) is 4.79 Å². The molecule has 0 unspecified atom stereocenters. The SMILES string of the molecule is O=c1ccc(O)cn1Cl. The lowest BCUT2D eigenvalue weighted by atomic mass is 10.5. The Kier molecular flexibility index (Phi) is 1.44. The molecule has 48 valence electrons. The third kappa shape index (κ3) is 1.23. The van der Waals surface area contributed by atoms with Gasteiger partial charge in [0.05, 0.1) is 6.20 Å². The minimum absolute atomic E-state index is 0.0235. The van der Waals surface area contributed by atoms with Crippen molar-refractivity contribution in [3.63, 3.8) is 0 Å². The zero-order valence-corrected chi connectivity index (χ0v) is 5.17. The van der Waals surface area contributed by atoms with E-state index in [9.17, 15) is 4.79 Å². The molecule has 0 saturated heterocycles. The molecular formula is C5H4ClNO2. The van der Waals surface area contributed by atoms with E-state index in [2.05, 4.69) is 0 Å². The first-order valence-electron chi connectivity index (χ1n) is 2.28. The highest BCUT2D eigenvalue weighted by Crippen LogP contribution is 2.02. The van der Waals surface area contributed by atoms with E-state index in [-0.39, 0.29) is 11.3 Å². The molecule has 0 amide bonds. The number of aromatic nitrogens is 1. The Morgan fingerprint density at radius 1 is 1.56 bits per heavy atom. The Morgan fingerprint density at radius 2 is 2.22 bits per heavy atom. The summed E-state index contributed by atoms with van der Waals surface area (Å²) in [5.74, 6) is -0.0235. The molecule has 1 aromatic heterocycles. The summed E-state index contributed by atoms with van der Waals surface area (Å²) in [6.07, 6.45) is 1.13. The summed E-state index contributed by atoms with van der Waals surface area (Å²) in [4.78, 5) is 10.5. The predicted octanol–water partition coefficient (Wildman–Crippen LogP) is 0.556. The molecule has 0 aliphatic heterocycles. The van der Waals surface area contributed by atoms with Crippen LogP contribution in [0, 0.1) is 0 Å². The molecule has 1 aromatic rings. The van der Waals surface area contributed by atoms with Crippen molar-refractivity contribution in [2.24, 2.45) is 0 Å². The van der Waals surface area contributed by atoms with Crippen molar-refractivity contribution in [3.05, 3.63) is 28.7 Å². The second kappa shape index (κ2) is 2.11. The van der Waals surface area contributed by atoms with Crippen LogP contribution in [0.25, 0.3) is 0 Å². The summed E-state index contributed by atoms with van der Waals surface area (Å²) in [6.45, 7) is 0. The number of halogens is 1. The van der Waals surface area contributed by atoms with Crippen LogP contribution in [-0.2, 0) is 0 Å². The Hall–Kier alpha value is -0.960. The molecule has 0 spiro atoms. The van der Waals surface area contributed by atoms with Crippen molar-refractivity contribution in [1.82, 2.24) is 4.09 Å². The predicted molar refractivity (Wildman–Crippen MR) is 33.6 cm³/mol. The molecule has 0 bridgehead atoms. The largest absolute Gasteiger partial charge is 0.506 e. The molecule has 3 nitrogen and oxygen atoms in total. The molecule has 0 aliphatic carbocycles. The van der Waals surface area contributed by atoms with E-state index < -0.39 is 0 Å². The number of rotatable bonds is 0. The minimum atomic E-state index is -0.352. The van der Waals surface area contributed by atoms with E-state index in [1.54, 1.807) is 0 Å². The van der Waals surface area contributed by atoms with E-state index in [1.807, 2.05) is 0 Å². The molecule has 0 aliphatic rings. The van der Waals surface area contributed by atoms with Crippen molar-refractivity contribution < 1.29 is 5.11 Å². The Morgan fingerprint density at radius 3 is 2.67 bits per heavy atom. The number of hydrogen-bond acceptors (Lipinski definition) is 2. The van der Waals surface area contributed by atoms with Crippen LogP contribution in [0.2, 0.25) is 0 Å². The topological polar surface area (TPSA) is 42.2 Å². The van der Waals surface area contributed by atoms with Gasteiger partial charge in [-0.2, -0.15) is 0 Å². The number of hydrogen-bond donors (Lipinski definition) is 1. The summed E-state index contributed by atoms with van der Waals surface area (Å²) >= 11 is 5.26. The minimum Gasteiger partial charge on any atom is -0.506 e. The highest BCUT2D eigenvalue weighted by atomic mass is 35.5. The van der Waals surface area contributed by atoms with Crippen molar-refractivity contribution in [1.29, 1.82) is 0 Å². The quantitative estimate of drug-likeness (QED) is 0.580. The Bertz CT molecular complexity index is 268. The Balaban J connectivity index is 3.34. The fourth-order valence-corrected chi connectivity index (χ4v) is 0.607. The van der Waals surface area contributed by atoms with Crippen LogP contribution < -0.4 is 5.56 Å². The van der Waals surface area contributed by atoms with Crippen molar-refractivity contribution in [2.75, 3.05) is 0 Å². The number of nitrogens with zero attached hydrogens (tertiary/aromatic N) is 1. The lowest BCUT2D eigenvalue weighted by Crippen LogP contribution is -2.08. The summed E-state index contributed by atoms with van der Waals surface area (Å²) in [6, 6.07) is 2.46. The van der Waals surface area contributed by atoms with Crippen molar-refractivity contribution >= 4 is 11.8 Å². The van der Waals surface area contributed by atoms with Gasteiger partial charge in [-0.15, -0.1) is 0 Å². The highest BCUT2D eigenvalue weighted by molar-refractivity contribution is 6.15. The van der Waals surface area contributed by atoms with Crippen LogP contribution in [0.1, 0.15) is 0 Å². The van der Waals surface area contributed by atoms with Gasteiger partial charge in [0.15, 0.2) is 0 Å². The van der Waals surface area contributed by atoms with E-state index in [0.29, 0.717) is 0 Å². The van der Waals surface area contributed by atoms with Crippen LogP contribution in [0.5, 0.6) is 5.75 Å². The van der Waals surface area contributed by atoms with Crippen LogP contribution in [0.4, 0.5) is 0 Å². The van der Waals surface area contributed by atoms with Gasteiger partial charge < -0.3 is 5.11 Å². The number of pyridine rings is 1. The van der Waals surface area contributed by atoms with Gasteiger partial charge >= 0.3 is 0 Å².